The van der Waals surface area contributed by atoms with Crippen LogP contribution < -0.4 is 4.74 Å². The molecular formula is C12H13FN4OS. The first-order chi connectivity index (χ1) is 9.28. The first kappa shape index (κ1) is 12.4. The van der Waals surface area contributed by atoms with Crippen LogP contribution in [0, 0.1) is 5.82 Å². The van der Waals surface area contributed by atoms with Gasteiger partial charge in [0, 0.05) is 11.3 Å². The third kappa shape index (κ3) is 2.70. The summed E-state index contributed by atoms with van der Waals surface area (Å²) in [5.41, 5.74) is 0.804. The molecule has 1 aromatic heterocycles. The molecule has 1 fully saturated rings. The fourth-order valence-corrected chi connectivity index (χ4v) is 2.75. The Balaban J connectivity index is 1.74. The van der Waals surface area contributed by atoms with Gasteiger partial charge in [-0.3, -0.25) is 0 Å². The Kier molecular flexibility index (Phi) is 3.37. The van der Waals surface area contributed by atoms with Crippen molar-refractivity contribution in [2.45, 2.75) is 29.8 Å². The summed E-state index contributed by atoms with van der Waals surface area (Å²) in [4.78, 5) is 0. The molecule has 0 unspecified atom stereocenters. The van der Waals surface area contributed by atoms with E-state index >= 15 is 0 Å². The third-order valence-electron chi connectivity index (χ3n) is 2.95. The molecule has 7 heteroatoms. The van der Waals surface area contributed by atoms with Gasteiger partial charge in [0.2, 0.25) is 5.16 Å². The molecule has 0 N–H and O–H groups in total. The third-order valence-corrected chi connectivity index (χ3v) is 3.94. The number of benzene rings is 1. The molecule has 100 valence electrons. The second-order valence-corrected chi connectivity index (χ2v) is 5.32. The van der Waals surface area contributed by atoms with E-state index in [0.29, 0.717) is 17.5 Å². The van der Waals surface area contributed by atoms with Crippen molar-refractivity contribution in [1.29, 1.82) is 0 Å². The number of halogens is 1. The minimum absolute atomic E-state index is 0.266. The second kappa shape index (κ2) is 5.16. The van der Waals surface area contributed by atoms with Crippen LogP contribution in [-0.2, 0) is 5.75 Å². The number of tetrazole rings is 1. The van der Waals surface area contributed by atoms with Crippen molar-refractivity contribution in [3.8, 4) is 5.75 Å². The molecule has 0 aliphatic heterocycles. The maximum atomic E-state index is 13.3. The molecule has 1 heterocycles. The average molecular weight is 280 g/mol. The highest BCUT2D eigenvalue weighted by Crippen LogP contribution is 2.37. The van der Waals surface area contributed by atoms with Crippen molar-refractivity contribution in [2.24, 2.45) is 0 Å². The van der Waals surface area contributed by atoms with Gasteiger partial charge in [-0.2, -0.15) is 0 Å². The number of ether oxygens (including phenoxy) is 1. The van der Waals surface area contributed by atoms with Crippen LogP contribution in [0.5, 0.6) is 5.75 Å². The maximum Gasteiger partial charge on any atom is 0.209 e. The SMILES string of the molecule is COc1ccc(F)cc1CSc1nnnn1C1CC1. The highest BCUT2D eigenvalue weighted by molar-refractivity contribution is 7.98. The number of methoxy groups -OCH3 is 1. The molecule has 0 amide bonds. The Labute approximate surface area is 114 Å². The normalized spacial score (nSPS) is 14.6. The Morgan fingerprint density at radius 2 is 2.32 bits per heavy atom. The number of rotatable bonds is 5. The highest BCUT2D eigenvalue weighted by atomic mass is 32.2. The fraction of sp³-hybridized carbons (Fsp3) is 0.417. The molecule has 1 aromatic carbocycles. The summed E-state index contributed by atoms with van der Waals surface area (Å²) in [5, 5.41) is 12.4. The van der Waals surface area contributed by atoms with Crippen molar-refractivity contribution >= 4 is 11.8 Å². The van der Waals surface area contributed by atoms with E-state index in [1.807, 2.05) is 4.68 Å². The fourth-order valence-electron chi connectivity index (χ4n) is 1.83. The Morgan fingerprint density at radius 1 is 1.47 bits per heavy atom. The topological polar surface area (TPSA) is 52.8 Å². The van der Waals surface area contributed by atoms with Crippen molar-refractivity contribution in [2.75, 3.05) is 7.11 Å². The summed E-state index contributed by atoms with van der Waals surface area (Å²) in [6, 6.07) is 4.94. The van der Waals surface area contributed by atoms with E-state index in [-0.39, 0.29) is 5.82 Å². The standard InChI is InChI=1S/C12H13FN4OS/c1-18-11-5-2-9(13)6-8(11)7-19-12-14-15-16-17(12)10-3-4-10/h2,5-6,10H,3-4,7H2,1H3. The lowest BCUT2D eigenvalue weighted by Crippen LogP contribution is -1.99. The van der Waals surface area contributed by atoms with Crippen LogP contribution in [0.1, 0.15) is 24.4 Å². The Bertz CT molecular complexity index is 585. The van der Waals surface area contributed by atoms with Crippen molar-refractivity contribution < 1.29 is 9.13 Å². The van der Waals surface area contributed by atoms with Crippen LogP contribution in [0.2, 0.25) is 0 Å². The number of hydrogen-bond donors (Lipinski definition) is 0. The van der Waals surface area contributed by atoms with Crippen LogP contribution in [-0.4, -0.2) is 27.3 Å². The zero-order valence-corrected chi connectivity index (χ0v) is 11.2. The molecule has 19 heavy (non-hydrogen) atoms. The minimum Gasteiger partial charge on any atom is -0.496 e. The first-order valence-electron chi connectivity index (χ1n) is 6.01. The molecule has 0 saturated heterocycles. The first-order valence-corrected chi connectivity index (χ1v) is 6.99. The van der Waals surface area contributed by atoms with Crippen molar-refractivity contribution in [3.05, 3.63) is 29.6 Å². The van der Waals surface area contributed by atoms with Gasteiger partial charge in [-0.15, -0.1) is 5.10 Å². The minimum atomic E-state index is -0.266. The monoisotopic (exact) mass is 280 g/mol. The van der Waals surface area contributed by atoms with Gasteiger partial charge in [-0.25, -0.2) is 9.07 Å². The lowest BCUT2D eigenvalue weighted by atomic mass is 10.2. The molecule has 0 radical (unpaired) electrons. The molecule has 0 atom stereocenters. The summed E-state index contributed by atoms with van der Waals surface area (Å²) < 4.78 is 20.3. The van der Waals surface area contributed by atoms with Gasteiger partial charge in [-0.05, 0) is 41.5 Å². The van der Waals surface area contributed by atoms with Crippen LogP contribution in [0.15, 0.2) is 23.4 Å². The molecular weight excluding hydrogens is 267 g/mol. The maximum absolute atomic E-state index is 13.3. The average Bonchev–Trinajstić information content (AvgIpc) is 3.15. The van der Waals surface area contributed by atoms with Crippen LogP contribution in [0.4, 0.5) is 4.39 Å². The van der Waals surface area contributed by atoms with Crippen LogP contribution in [0.3, 0.4) is 0 Å². The molecule has 0 spiro atoms. The molecule has 1 aliphatic carbocycles. The molecule has 2 aromatic rings. The van der Waals surface area contributed by atoms with E-state index in [1.165, 1.54) is 23.9 Å². The Hall–Kier alpha value is -1.63. The Morgan fingerprint density at radius 3 is 3.05 bits per heavy atom. The zero-order chi connectivity index (χ0) is 13.2. The van der Waals surface area contributed by atoms with E-state index in [0.717, 1.165) is 23.6 Å². The van der Waals surface area contributed by atoms with Gasteiger partial charge in [0.25, 0.3) is 0 Å². The number of aromatic nitrogens is 4. The quantitative estimate of drug-likeness (QED) is 0.787. The second-order valence-electron chi connectivity index (χ2n) is 4.38. The smallest absolute Gasteiger partial charge is 0.209 e. The van der Waals surface area contributed by atoms with Crippen molar-refractivity contribution in [3.63, 3.8) is 0 Å². The zero-order valence-electron chi connectivity index (χ0n) is 10.4. The van der Waals surface area contributed by atoms with Gasteiger partial charge < -0.3 is 4.74 Å². The summed E-state index contributed by atoms with van der Waals surface area (Å²) in [5.74, 6) is 0.992. The van der Waals surface area contributed by atoms with Gasteiger partial charge in [-0.1, -0.05) is 11.8 Å². The molecule has 1 aliphatic rings. The van der Waals surface area contributed by atoms with Gasteiger partial charge in [0.05, 0.1) is 13.2 Å². The van der Waals surface area contributed by atoms with E-state index < -0.39 is 0 Å². The summed E-state index contributed by atoms with van der Waals surface area (Å²) in [6.07, 6.45) is 2.25. The highest BCUT2D eigenvalue weighted by Gasteiger charge is 2.27. The van der Waals surface area contributed by atoms with E-state index in [2.05, 4.69) is 15.5 Å². The van der Waals surface area contributed by atoms with E-state index in [9.17, 15) is 4.39 Å². The van der Waals surface area contributed by atoms with E-state index in [1.54, 1.807) is 13.2 Å². The number of hydrogen-bond acceptors (Lipinski definition) is 5. The van der Waals surface area contributed by atoms with Gasteiger partial charge in [0.1, 0.15) is 11.6 Å². The summed E-state index contributed by atoms with van der Waals surface area (Å²) >= 11 is 1.49. The summed E-state index contributed by atoms with van der Waals surface area (Å²) in [7, 11) is 1.58. The largest absolute Gasteiger partial charge is 0.496 e. The molecule has 0 bridgehead atoms. The van der Waals surface area contributed by atoms with Crippen molar-refractivity contribution in [1.82, 2.24) is 20.2 Å². The van der Waals surface area contributed by atoms with Crippen LogP contribution in [0.25, 0.3) is 0 Å². The molecule has 1 saturated carbocycles. The number of nitrogens with zero attached hydrogens (tertiary/aromatic N) is 4. The lowest BCUT2D eigenvalue weighted by Gasteiger charge is -2.08. The summed E-state index contributed by atoms with van der Waals surface area (Å²) in [6.45, 7) is 0. The predicted molar refractivity (Wildman–Crippen MR) is 68.6 cm³/mol. The molecule has 5 nitrogen and oxygen atoms in total. The predicted octanol–water partition coefficient (Wildman–Crippen LogP) is 2.45. The number of thioether (sulfide) groups is 1. The lowest BCUT2D eigenvalue weighted by molar-refractivity contribution is 0.410. The van der Waals surface area contributed by atoms with Gasteiger partial charge >= 0.3 is 0 Å². The van der Waals surface area contributed by atoms with E-state index in [4.69, 9.17) is 4.74 Å². The van der Waals surface area contributed by atoms with Crippen LogP contribution >= 0.6 is 11.8 Å². The van der Waals surface area contributed by atoms with Gasteiger partial charge in [0.15, 0.2) is 0 Å². The molecule has 3 rings (SSSR count).